The summed E-state index contributed by atoms with van der Waals surface area (Å²) in [6.07, 6.45) is 3.00. The number of amides is 1. The zero-order valence-electron chi connectivity index (χ0n) is 16.6. The minimum absolute atomic E-state index is 0.120. The van der Waals surface area contributed by atoms with E-state index in [0.717, 1.165) is 0 Å². The zero-order chi connectivity index (χ0) is 23.0. The van der Waals surface area contributed by atoms with Crippen LogP contribution < -0.4 is 9.64 Å². The Kier molecular flexibility index (Phi) is 5.86. The Bertz CT molecular complexity index is 1220. The first-order chi connectivity index (χ1) is 15.3. The number of aliphatic hydroxyl groups is 1. The van der Waals surface area contributed by atoms with E-state index in [9.17, 15) is 19.1 Å². The number of ether oxygens (including phenoxy) is 1. The maximum absolute atomic E-state index is 13.5. The number of hydrogen-bond acceptors (Lipinski definition) is 5. The van der Waals surface area contributed by atoms with Crippen LogP contribution in [-0.4, -0.2) is 28.9 Å². The van der Waals surface area contributed by atoms with Crippen molar-refractivity contribution in [3.63, 3.8) is 0 Å². The minimum atomic E-state index is -0.983. The van der Waals surface area contributed by atoms with Gasteiger partial charge in [-0.25, -0.2) is 4.39 Å². The highest BCUT2D eigenvalue weighted by Crippen LogP contribution is 2.43. The van der Waals surface area contributed by atoms with Gasteiger partial charge in [0.15, 0.2) is 5.75 Å². The quantitative estimate of drug-likeness (QED) is 0.322. The van der Waals surface area contributed by atoms with Gasteiger partial charge in [-0.05, 0) is 54.1 Å². The van der Waals surface area contributed by atoms with E-state index in [4.69, 9.17) is 27.9 Å². The molecule has 0 radical (unpaired) electrons. The van der Waals surface area contributed by atoms with Crippen LogP contribution in [0, 0.1) is 5.82 Å². The number of pyridine rings is 1. The number of benzene rings is 2. The van der Waals surface area contributed by atoms with Crippen molar-refractivity contribution in [2.45, 2.75) is 6.04 Å². The predicted octanol–water partition coefficient (Wildman–Crippen LogP) is 5.16. The third-order valence-electron chi connectivity index (χ3n) is 5.05. The number of nitrogens with zero attached hydrogens (tertiary/aromatic N) is 2. The van der Waals surface area contributed by atoms with Crippen molar-refractivity contribution < 1.29 is 23.8 Å². The molecule has 1 amide bonds. The first-order valence-corrected chi connectivity index (χ1v) is 10.1. The molecule has 3 aromatic rings. The predicted molar refractivity (Wildman–Crippen MR) is 118 cm³/mol. The van der Waals surface area contributed by atoms with Crippen LogP contribution in [0.4, 0.5) is 10.1 Å². The van der Waals surface area contributed by atoms with E-state index in [1.807, 2.05) is 0 Å². The van der Waals surface area contributed by atoms with Crippen molar-refractivity contribution in [2.75, 3.05) is 12.0 Å². The first kappa shape index (κ1) is 21.8. The number of aliphatic hydroxyl groups excluding tert-OH is 1. The highest BCUT2D eigenvalue weighted by atomic mass is 35.5. The largest absolute Gasteiger partial charge is 0.507 e. The zero-order valence-corrected chi connectivity index (χ0v) is 18.1. The van der Waals surface area contributed by atoms with Gasteiger partial charge in [0.05, 0.1) is 28.8 Å². The van der Waals surface area contributed by atoms with E-state index in [0.29, 0.717) is 11.3 Å². The number of carbonyl (C=O) groups is 2. The van der Waals surface area contributed by atoms with Crippen LogP contribution in [0.2, 0.25) is 10.0 Å². The van der Waals surface area contributed by atoms with Crippen molar-refractivity contribution in [1.82, 2.24) is 4.98 Å². The fraction of sp³-hybridized carbons (Fsp3) is 0.0870. The monoisotopic (exact) mass is 472 g/mol. The van der Waals surface area contributed by atoms with Crippen LogP contribution in [0.5, 0.6) is 5.75 Å². The molecule has 4 rings (SSSR count). The summed E-state index contributed by atoms with van der Waals surface area (Å²) in [5.74, 6) is -2.51. The highest BCUT2D eigenvalue weighted by molar-refractivity contribution is 6.51. The van der Waals surface area contributed by atoms with Crippen LogP contribution in [0.1, 0.15) is 17.2 Å². The molecule has 9 heteroatoms. The maximum atomic E-state index is 13.5. The lowest BCUT2D eigenvalue weighted by Gasteiger charge is -2.25. The Balaban J connectivity index is 1.94. The molecule has 1 N–H and O–H groups in total. The minimum Gasteiger partial charge on any atom is -0.507 e. The summed E-state index contributed by atoms with van der Waals surface area (Å²) in [5, 5.41) is 11.3. The summed E-state index contributed by atoms with van der Waals surface area (Å²) in [5.41, 5.74) is 0.788. The van der Waals surface area contributed by atoms with Crippen molar-refractivity contribution in [3.8, 4) is 5.75 Å². The van der Waals surface area contributed by atoms with Gasteiger partial charge in [-0.15, -0.1) is 0 Å². The van der Waals surface area contributed by atoms with Crippen molar-refractivity contribution >= 4 is 46.3 Å². The van der Waals surface area contributed by atoms with Gasteiger partial charge in [-0.1, -0.05) is 23.2 Å². The van der Waals surface area contributed by atoms with E-state index >= 15 is 0 Å². The molecule has 1 fully saturated rings. The van der Waals surface area contributed by atoms with Crippen LogP contribution in [-0.2, 0) is 9.59 Å². The third-order valence-corrected chi connectivity index (χ3v) is 5.61. The molecule has 1 aliphatic rings. The topological polar surface area (TPSA) is 79.7 Å². The standard InChI is InChI=1S/C23H15Cl2FN2O4/c1-32-22-16(24)10-13(11-17(22)25)20(29)18-19(12-6-8-27-9-7-12)28(23(31)21(18)30)15-4-2-14(26)3-5-15/h2-11,19,29H,1H3/b20-18+. The Hall–Kier alpha value is -3.42. The van der Waals surface area contributed by atoms with Gasteiger partial charge in [0.25, 0.3) is 11.7 Å². The molecule has 1 aliphatic heterocycles. The average molecular weight is 473 g/mol. The number of aromatic nitrogens is 1. The molecule has 1 unspecified atom stereocenters. The number of Topliss-reactive ketones (excluding diaryl/α,β-unsaturated/α-hetero) is 1. The molecule has 1 aromatic heterocycles. The second-order valence-corrected chi connectivity index (χ2v) is 7.71. The lowest BCUT2D eigenvalue weighted by molar-refractivity contribution is -0.132. The van der Waals surface area contributed by atoms with Gasteiger partial charge in [0.2, 0.25) is 0 Å². The number of carbonyl (C=O) groups excluding carboxylic acids is 2. The number of rotatable bonds is 4. The van der Waals surface area contributed by atoms with Crippen LogP contribution in [0.3, 0.4) is 0 Å². The van der Waals surface area contributed by atoms with E-state index in [1.54, 1.807) is 12.1 Å². The number of halogens is 3. The number of ketones is 1. The van der Waals surface area contributed by atoms with Gasteiger partial charge in [0.1, 0.15) is 11.6 Å². The number of anilines is 1. The molecular formula is C23H15Cl2FN2O4. The molecule has 32 heavy (non-hydrogen) atoms. The summed E-state index contributed by atoms with van der Waals surface area (Å²) in [7, 11) is 1.39. The molecule has 0 aliphatic carbocycles. The van der Waals surface area contributed by atoms with Crippen LogP contribution in [0.25, 0.3) is 5.76 Å². The first-order valence-electron chi connectivity index (χ1n) is 9.33. The SMILES string of the molecule is COc1c(Cl)cc(/C(O)=C2\C(=O)C(=O)N(c3ccc(F)cc3)C2c2ccncc2)cc1Cl. The molecule has 1 atom stereocenters. The molecule has 1 saturated heterocycles. The molecule has 0 bridgehead atoms. The molecule has 2 aromatic carbocycles. The smallest absolute Gasteiger partial charge is 0.300 e. The molecule has 0 spiro atoms. The van der Waals surface area contributed by atoms with Gasteiger partial charge in [0, 0.05) is 23.6 Å². The third kappa shape index (κ3) is 3.70. The van der Waals surface area contributed by atoms with Gasteiger partial charge in [-0.2, -0.15) is 0 Å². The van der Waals surface area contributed by atoms with Crippen molar-refractivity contribution in [3.05, 3.63) is 93.5 Å². The lowest BCUT2D eigenvalue weighted by atomic mass is 9.95. The van der Waals surface area contributed by atoms with E-state index < -0.39 is 29.3 Å². The summed E-state index contributed by atoms with van der Waals surface area (Å²) in [6.45, 7) is 0. The summed E-state index contributed by atoms with van der Waals surface area (Å²) < 4.78 is 18.6. The van der Waals surface area contributed by atoms with E-state index in [2.05, 4.69) is 4.98 Å². The molecule has 162 valence electrons. The summed E-state index contributed by atoms with van der Waals surface area (Å²) in [4.78, 5) is 31.2. The van der Waals surface area contributed by atoms with E-state index in [-0.39, 0.29) is 26.9 Å². The van der Waals surface area contributed by atoms with Gasteiger partial charge in [-0.3, -0.25) is 19.5 Å². The van der Waals surface area contributed by atoms with Gasteiger partial charge < -0.3 is 9.84 Å². The number of methoxy groups -OCH3 is 1. The average Bonchev–Trinajstić information content (AvgIpc) is 3.05. The van der Waals surface area contributed by atoms with Crippen molar-refractivity contribution in [1.29, 1.82) is 0 Å². The molecule has 6 nitrogen and oxygen atoms in total. The second kappa shape index (κ2) is 8.61. The molecule has 0 saturated carbocycles. The highest BCUT2D eigenvalue weighted by Gasteiger charge is 2.47. The number of hydrogen-bond donors (Lipinski definition) is 1. The fourth-order valence-electron chi connectivity index (χ4n) is 3.61. The van der Waals surface area contributed by atoms with Crippen LogP contribution in [0.15, 0.2) is 66.5 Å². The molecule has 2 heterocycles. The molecular weight excluding hydrogens is 458 g/mol. The normalized spacial score (nSPS) is 17.6. The lowest BCUT2D eigenvalue weighted by Crippen LogP contribution is -2.29. The fourth-order valence-corrected chi connectivity index (χ4v) is 4.25. The van der Waals surface area contributed by atoms with E-state index in [1.165, 1.54) is 60.8 Å². The van der Waals surface area contributed by atoms with Crippen LogP contribution >= 0.6 is 23.2 Å². The van der Waals surface area contributed by atoms with Gasteiger partial charge >= 0.3 is 0 Å². The maximum Gasteiger partial charge on any atom is 0.300 e. The summed E-state index contributed by atoms with van der Waals surface area (Å²) >= 11 is 12.4. The Morgan fingerprint density at radius 2 is 1.66 bits per heavy atom. The summed E-state index contributed by atoms with van der Waals surface area (Å²) in [6, 6.07) is 10.2. The van der Waals surface area contributed by atoms with Crippen molar-refractivity contribution in [2.24, 2.45) is 0 Å². The second-order valence-electron chi connectivity index (χ2n) is 6.90. The Morgan fingerprint density at radius 3 is 2.22 bits per heavy atom. The Labute approximate surface area is 192 Å². The Morgan fingerprint density at radius 1 is 1.06 bits per heavy atom.